The van der Waals surface area contributed by atoms with Gasteiger partial charge in [0, 0.05) is 7.05 Å². The molecule has 0 bridgehead atoms. The van der Waals surface area contributed by atoms with Gasteiger partial charge in [0.1, 0.15) is 5.82 Å². The first-order valence-corrected chi connectivity index (χ1v) is 7.27. The summed E-state index contributed by atoms with van der Waals surface area (Å²) in [5.41, 5.74) is 0.782. The van der Waals surface area contributed by atoms with E-state index < -0.39 is 0 Å². The monoisotopic (exact) mass is 277 g/mol. The summed E-state index contributed by atoms with van der Waals surface area (Å²) in [6.07, 6.45) is 7.94. The van der Waals surface area contributed by atoms with E-state index in [9.17, 15) is 9.18 Å². The highest BCUT2D eigenvalue weighted by Crippen LogP contribution is 2.29. The number of amides is 1. The number of unbranched alkanes of at least 4 members (excludes halogenated alkanes) is 1. The van der Waals surface area contributed by atoms with Crippen molar-refractivity contribution in [3.63, 3.8) is 0 Å². The van der Waals surface area contributed by atoms with E-state index in [-0.39, 0.29) is 23.2 Å². The van der Waals surface area contributed by atoms with E-state index in [4.69, 9.17) is 0 Å². The van der Waals surface area contributed by atoms with Gasteiger partial charge in [0.2, 0.25) is 0 Å². The zero-order valence-corrected chi connectivity index (χ0v) is 12.6. The van der Waals surface area contributed by atoms with Gasteiger partial charge in [-0.1, -0.05) is 44.1 Å². The molecule has 0 saturated carbocycles. The van der Waals surface area contributed by atoms with Gasteiger partial charge in [-0.25, -0.2) is 4.39 Å². The van der Waals surface area contributed by atoms with Gasteiger partial charge >= 0.3 is 0 Å². The Kier molecular flexibility index (Phi) is 6.99. The van der Waals surface area contributed by atoms with Crippen LogP contribution in [-0.2, 0) is 0 Å². The fraction of sp³-hybridized carbons (Fsp3) is 0.471. The van der Waals surface area contributed by atoms with Crippen molar-refractivity contribution in [3.05, 3.63) is 47.3 Å². The number of benzene rings is 1. The average Bonchev–Trinajstić information content (AvgIpc) is 2.47. The smallest absolute Gasteiger partial charge is 0.254 e. The van der Waals surface area contributed by atoms with Crippen LogP contribution in [0.25, 0.3) is 0 Å². The molecule has 3 heteroatoms. The van der Waals surface area contributed by atoms with Gasteiger partial charge in [0.15, 0.2) is 0 Å². The lowest BCUT2D eigenvalue weighted by molar-refractivity contribution is 0.0959. The first-order valence-electron chi connectivity index (χ1n) is 7.27. The molecule has 1 atom stereocenters. The standard InChI is InChI=1S/C17H24FNO/c1-4-6-9-13(10-7-5-2)14-11-8-12-15(16(14)18)17(20)19-3/h4,6,8,11-13H,5,7,9-10H2,1-3H3,(H,19,20)/b6-4-. The third kappa shape index (κ3) is 4.19. The van der Waals surface area contributed by atoms with Crippen LogP contribution in [-0.4, -0.2) is 13.0 Å². The Hall–Kier alpha value is -1.64. The van der Waals surface area contributed by atoms with Gasteiger partial charge in [0.05, 0.1) is 5.56 Å². The van der Waals surface area contributed by atoms with Crippen LogP contribution in [0.2, 0.25) is 0 Å². The number of carbonyl (C=O) groups is 1. The van der Waals surface area contributed by atoms with Crippen molar-refractivity contribution < 1.29 is 9.18 Å². The van der Waals surface area contributed by atoms with Crippen molar-refractivity contribution >= 4 is 5.91 Å². The number of allylic oxidation sites excluding steroid dienone is 2. The molecule has 0 spiro atoms. The van der Waals surface area contributed by atoms with E-state index in [0.29, 0.717) is 5.56 Å². The van der Waals surface area contributed by atoms with Gasteiger partial charge < -0.3 is 5.32 Å². The van der Waals surface area contributed by atoms with E-state index >= 15 is 0 Å². The molecule has 0 aliphatic carbocycles. The van der Waals surface area contributed by atoms with Crippen molar-refractivity contribution in [2.45, 2.75) is 45.4 Å². The second-order valence-corrected chi connectivity index (χ2v) is 4.93. The fourth-order valence-electron chi connectivity index (χ4n) is 2.33. The molecule has 1 aromatic rings. The molecule has 0 aliphatic rings. The second-order valence-electron chi connectivity index (χ2n) is 4.93. The van der Waals surface area contributed by atoms with Crippen molar-refractivity contribution in [2.75, 3.05) is 7.05 Å². The molecular weight excluding hydrogens is 253 g/mol. The molecule has 1 unspecified atom stereocenters. The molecule has 0 saturated heterocycles. The molecule has 0 radical (unpaired) electrons. The molecule has 0 fully saturated rings. The lowest BCUT2D eigenvalue weighted by Crippen LogP contribution is -2.20. The van der Waals surface area contributed by atoms with Gasteiger partial charge in [0.25, 0.3) is 5.91 Å². The highest BCUT2D eigenvalue weighted by atomic mass is 19.1. The van der Waals surface area contributed by atoms with E-state index in [2.05, 4.69) is 18.3 Å². The van der Waals surface area contributed by atoms with Gasteiger partial charge in [-0.15, -0.1) is 0 Å². The molecular formula is C17H24FNO. The van der Waals surface area contributed by atoms with E-state index in [1.165, 1.54) is 13.1 Å². The second kappa shape index (κ2) is 8.51. The maximum atomic E-state index is 14.5. The molecule has 0 aliphatic heterocycles. The Morgan fingerprint density at radius 3 is 2.80 bits per heavy atom. The zero-order valence-electron chi connectivity index (χ0n) is 12.6. The maximum Gasteiger partial charge on any atom is 0.254 e. The maximum absolute atomic E-state index is 14.5. The Morgan fingerprint density at radius 1 is 1.45 bits per heavy atom. The first-order chi connectivity index (χ1) is 9.65. The van der Waals surface area contributed by atoms with E-state index in [1.807, 2.05) is 13.0 Å². The highest BCUT2D eigenvalue weighted by Gasteiger charge is 2.19. The van der Waals surface area contributed by atoms with Crippen molar-refractivity contribution in [3.8, 4) is 0 Å². The molecule has 0 heterocycles. The highest BCUT2D eigenvalue weighted by molar-refractivity contribution is 5.94. The van der Waals surface area contributed by atoms with Crippen molar-refractivity contribution in [2.24, 2.45) is 0 Å². The molecule has 1 amide bonds. The molecule has 110 valence electrons. The molecule has 1 aromatic carbocycles. The summed E-state index contributed by atoms with van der Waals surface area (Å²) in [7, 11) is 1.52. The number of rotatable bonds is 7. The zero-order chi connectivity index (χ0) is 15.0. The Bertz CT molecular complexity index is 468. The summed E-state index contributed by atoms with van der Waals surface area (Å²) in [5, 5.41) is 2.48. The summed E-state index contributed by atoms with van der Waals surface area (Å²) in [5.74, 6) is -0.613. The lowest BCUT2D eigenvalue weighted by atomic mass is 9.89. The average molecular weight is 277 g/mol. The summed E-state index contributed by atoms with van der Waals surface area (Å²) in [4.78, 5) is 11.7. The van der Waals surface area contributed by atoms with Crippen LogP contribution in [0.3, 0.4) is 0 Å². The molecule has 1 N–H and O–H groups in total. The molecule has 0 aromatic heterocycles. The van der Waals surface area contributed by atoms with Crippen LogP contribution < -0.4 is 5.32 Å². The minimum absolute atomic E-state index is 0.131. The number of halogens is 1. The number of hydrogen-bond donors (Lipinski definition) is 1. The predicted octanol–water partition coefficient (Wildman–Crippen LogP) is 4.43. The van der Waals surface area contributed by atoms with E-state index in [0.717, 1.165) is 25.7 Å². The third-order valence-electron chi connectivity index (χ3n) is 3.50. The first kappa shape index (κ1) is 16.4. The minimum Gasteiger partial charge on any atom is -0.355 e. The Morgan fingerprint density at radius 2 is 2.20 bits per heavy atom. The van der Waals surface area contributed by atoms with Crippen molar-refractivity contribution in [1.82, 2.24) is 5.32 Å². The number of carbonyl (C=O) groups excluding carboxylic acids is 1. The lowest BCUT2D eigenvalue weighted by Gasteiger charge is -2.17. The van der Waals surface area contributed by atoms with Crippen LogP contribution in [0, 0.1) is 5.82 Å². The molecule has 20 heavy (non-hydrogen) atoms. The fourth-order valence-corrected chi connectivity index (χ4v) is 2.33. The van der Waals surface area contributed by atoms with Gasteiger partial charge in [-0.05, 0) is 37.3 Å². The summed E-state index contributed by atoms with van der Waals surface area (Å²) >= 11 is 0. The summed E-state index contributed by atoms with van der Waals surface area (Å²) in [6, 6.07) is 5.09. The van der Waals surface area contributed by atoms with Crippen LogP contribution in [0.1, 0.15) is 61.4 Å². The van der Waals surface area contributed by atoms with Gasteiger partial charge in [-0.2, -0.15) is 0 Å². The molecule has 2 nitrogen and oxygen atoms in total. The summed E-state index contributed by atoms with van der Waals surface area (Å²) < 4.78 is 14.5. The SMILES string of the molecule is C/C=C\CC(CCCC)c1cccc(C(=O)NC)c1F. The number of hydrogen-bond acceptors (Lipinski definition) is 1. The molecule has 1 rings (SSSR count). The third-order valence-corrected chi connectivity index (χ3v) is 3.50. The van der Waals surface area contributed by atoms with Gasteiger partial charge in [-0.3, -0.25) is 4.79 Å². The topological polar surface area (TPSA) is 29.1 Å². The van der Waals surface area contributed by atoms with Crippen LogP contribution in [0.4, 0.5) is 4.39 Å². The Balaban J connectivity index is 3.08. The normalized spacial score (nSPS) is 12.6. The summed E-state index contributed by atoms with van der Waals surface area (Å²) in [6.45, 7) is 4.10. The quantitative estimate of drug-likeness (QED) is 0.734. The van der Waals surface area contributed by atoms with Crippen molar-refractivity contribution in [1.29, 1.82) is 0 Å². The van der Waals surface area contributed by atoms with Crippen LogP contribution >= 0.6 is 0 Å². The Labute approximate surface area is 121 Å². The van der Waals surface area contributed by atoms with Crippen LogP contribution in [0.5, 0.6) is 0 Å². The number of nitrogens with one attached hydrogen (secondary N) is 1. The van der Waals surface area contributed by atoms with Crippen LogP contribution in [0.15, 0.2) is 30.4 Å². The van der Waals surface area contributed by atoms with E-state index in [1.54, 1.807) is 12.1 Å². The predicted molar refractivity (Wildman–Crippen MR) is 81.5 cm³/mol. The largest absolute Gasteiger partial charge is 0.355 e. The minimum atomic E-state index is -0.377.